The molecule has 174 valence electrons. The molecule has 0 unspecified atom stereocenters. The first-order valence-corrected chi connectivity index (χ1v) is 12.0. The largest absolute Gasteiger partial charge is 0.269 e. The fourth-order valence-corrected chi connectivity index (χ4v) is 4.81. The number of fused-ring (bicyclic) bond motifs is 1. The molecule has 1 N–H and O–H groups in total. The molecule has 0 aliphatic heterocycles. The molecule has 4 aromatic rings. The molecule has 3 aromatic carbocycles. The molecule has 0 aliphatic carbocycles. The zero-order valence-electron chi connectivity index (χ0n) is 18.6. The fourth-order valence-electron chi connectivity index (χ4n) is 3.78. The van der Waals surface area contributed by atoms with E-state index in [9.17, 15) is 23.3 Å². The number of nitro benzene ring substituents is 1. The van der Waals surface area contributed by atoms with Gasteiger partial charge in [-0.15, -0.1) is 0 Å². The van der Waals surface area contributed by atoms with E-state index in [1.54, 1.807) is 24.3 Å². The molecule has 34 heavy (non-hydrogen) atoms. The van der Waals surface area contributed by atoms with Gasteiger partial charge in [0.1, 0.15) is 5.82 Å². The average Bonchev–Trinajstić information content (AvgIpc) is 2.80. The van der Waals surface area contributed by atoms with Crippen LogP contribution in [0.25, 0.3) is 16.6 Å². The van der Waals surface area contributed by atoms with Crippen LogP contribution in [0.2, 0.25) is 0 Å². The number of nitro groups is 1. The van der Waals surface area contributed by atoms with Crippen molar-refractivity contribution in [1.82, 2.24) is 14.3 Å². The van der Waals surface area contributed by atoms with Gasteiger partial charge in [-0.05, 0) is 49.7 Å². The number of nitrogens with zero attached hydrogens (tertiary/aromatic N) is 3. The minimum atomic E-state index is -3.90. The molecule has 0 saturated heterocycles. The summed E-state index contributed by atoms with van der Waals surface area (Å²) < 4.78 is 29.3. The SMILES string of the molecule is Cc1ccc(-n2c(CCNS(=O)(=O)c3ccc([N+](=O)[O-])cc3)nc3ccccc3c2=O)c(C)c1. The first-order valence-electron chi connectivity index (χ1n) is 10.5. The third-order valence-electron chi connectivity index (χ3n) is 5.44. The lowest BCUT2D eigenvalue weighted by molar-refractivity contribution is -0.384. The second-order valence-electron chi connectivity index (χ2n) is 7.87. The minimum absolute atomic E-state index is 0.0188. The standard InChI is InChI=1S/C24H22N4O5S/c1-16-7-12-22(17(2)15-16)27-23(26-21-6-4-3-5-20(21)24(27)29)13-14-25-34(32,33)19-10-8-18(9-11-19)28(30)31/h3-12,15,25H,13-14H2,1-2H3. The van der Waals surface area contributed by atoms with Crippen molar-refractivity contribution in [3.05, 3.63) is 104 Å². The number of benzene rings is 3. The first-order chi connectivity index (χ1) is 16.2. The van der Waals surface area contributed by atoms with Crippen LogP contribution in [0.3, 0.4) is 0 Å². The molecule has 0 atom stereocenters. The molecule has 0 saturated carbocycles. The number of sulfonamides is 1. The normalized spacial score (nSPS) is 11.6. The number of hydrogen-bond acceptors (Lipinski definition) is 6. The van der Waals surface area contributed by atoms with Gasteiger partial charge in [0.05, 0.1) is 26.4 Å². The molecule has 10 heteroatoms. The summed E-state index contributed by atoms with van der Waals surface area (Å²) in [4.78, 5) is 28.2. The van der Waals surface area contributed by atoms with Crippen molar-refractivity contribution in [2.24, 2.45) is 0 Å². The van der Waals surface area contributed by atoms with Crippen LogP contribution in [-0.4, -0.2) is 29.4 Å². The van der Waals surface area contributed by atoms with Crippen LogP contribution in [0.5, 0.6) is 0 Å². The molecular formula is C24H22N4O5S. The van der Waals surface area contributed by atoms with Crippen LogP contribution < -0.4 is 10.3 Å². The van der Waals surface area contributed by atoms with E-state index < -0.39 is 14.9 Å². The van der Waals surface area contributed by atoms with Gasteiger partial charge in [0, 0.05) is 25.1 Å². The Morgan fingerprint density at radius 2 is 1.74 bits per heavy atom. The molecule has 0 fully saturated rings. The molecule has 1 aromatic heterocycles. The van der Waals surface area contributed by atoms with Crippen molar-refractivity contribution in [3.63, 3.8) is 0 Å². The summed E-state index contributed by atoms with van der Waals surface area (Å²) in [5.41, 5.74) is 2.73. The Hall–Kier alpha value is -3.89. The van der Waals surface area contributed by atoms with Gasteiger partial charge in [0.2, 0.25) is 10.0 Å². The number of nitrogens with one attached hydrogen (secondary N) is 1. The highest BCUT2D eigenvalue weighted by Crippen LogP contribution is 2.19. The maximum Gasteiger partial charge on any atom is 0.269 e. The van der Waals surface area contributed by atoms with Crippen LogP contribution in [0.15, 0.2) is 76.4 Å². The molecule has 0 aliphatic rings. The quantitative estimate of drug-likeness (QED) is 0.321. The van der Waals surface area contributed by atoms with Gasteiger partial charge in [-0.3, -0.25) is 19.5 Å². The predicted molar refractivity (Wildman–Crippen MR) is 129 cm³/mol. The molecule has 0 radical (unpaired) electrons. The van der Waals surface area contributed by atoms with E-state index in [1.165, 1.54) is 16.7 Å². The number of hydrogen-bond donors (Lipinski definition) is 1. The Kier molecular flexibility index (Phi) is 6.27. The maximum atomic E-state index is 13.4. The number of aromatic nitrogens is 2. The van der Waals surface area contributed by atoms with Gasteiger partial charge in [0.25, 0.3) is 11.2 Å². The lowest BCUT2D eigenvalue weighted by Gasteiger charge is -2.16. The summed E-state index contributed by atoms with van der Waals surface area (Å²) in [7, 11) is -3.90. The highest BCUT2D eigenvalue weighted by Gasteiger charge is 2.18. The Labute approximate surface area is 195 Å². The molecule has 9 nitrogen and oxygen atoms in total. The van der Waals surface area contributed by atoms with E-state index in [0.29, 0.717) is 22.4 Å². The number of para-hydroxylation sites is 1. The zero-order valence-corrected chi connectivity index (χ0v) is 19.4. The van der Waals surface area contributed by atoms with Crippen LogP contribution >= 0.6 is 0 Å². The summed E-state index contributed by atoms with van der Waals surface area (Å²) in [6, 6.07) is 17.4. The molecule has 0 bridgehead atoms. The van der Waals surface area contributed by atoms with Crippen LogP contribution in [0.1, 0.15) is 17.0 Å². The highest BCUT2D eigenvalue weighted by molar-refractivity contribution is 7.89. The van der Waals surface area contributed by atoms with Gasteiger partial charge in [-0.1, -0.05) is 29.8 Å². The molecule has 4 rings (SSSR count). The van der Waals surface area contributed by atoms with E-state index in [4.69, 9.17) is 0 Å². The second-order valence-corrected chi connectivity index (χ2v) is 9.64. The summed E-state index contributed by atoms with van der Waals surface area (Å²) >= 11 is 0. The molecular weight excluding hydrogens is 456 g/mol. The van der Waals surface area contributed by atoms with Crippen LogP contribution in [0.4, 0.5) is 5.69 Å². The van der Waals surface area contributed by atoms with Gasteiger partial charge in [-0.25, -0.2) is 18.1 Å². The van der Waals surface area contributed by atoms with Gasteiger partial charge < -0.3 is 0 Å². The van der Waals surface area contributed by atoms with Crippen molar-refractivity contribution in [2.75, 3.05) is 6.54 Å². The summed E-state index contributed by atoms with van der Waals surface area (Å²) in [5.74, 6) is 0.419. The minimum Gasteiger partial charge on any atom is -0.268 e. The Morgan fingerprint density at radius 3 is 2.41 bits per heavy atom. The highest BCUT2D eigenvalue weighted by atomic mass is 32.2. The summed E-state index contributed by atoms with van der Waals surface area (Å²) in [6.45, 7) is 3.85. The van der Waals surface area contributed by atoms with Crippen molar-refractivity contribution in [3.8, 4) is 5.69 Å². The van der Waals surface area contributed by atoms with Crippen LogP contribution in [-0.2, 0) is 16.4 Å². The topological polar surface area (TPSA) is 124 Å². The molecule has 0 spiro atoms. The third kappa shape index (κ3) is 4.59. The maximum absolute atomic E-state index is 13.4. The number of non-ortho nitro benzene ring substituents is 1. The summed E-state index contributed by atoms with van der Waals surface area (Å²) in [6.07, 6.45) is 0.152. The lowest BCUT2D eigenvalue weighted by Crippen LogP contribution is -2.30. The van der Waals surface area contributed by atoms with Gasteiger partial charge in [-0.2, -0.15) is 0 Å². The third-order valence-corrected chi connectivity index (χ3v) is 6.91. The second kappa shape index (κ2) is 9.16. The molecule has 0 amide bonds. The average molecular weight is 479 g/mol. The Bertz CT molecular complexity index is 1560. The van der Waals surface area contributed by atoms with E-state index in [0.717, 1.165) is 23.3 Å². The number of rotatable bonds is 7. The fraction of sp³-hybridized carbons (Fsp3) is 0.167. The monoisotopic (exact) mass is 478 g/mol. The van der Waals surface area contributed by atoms with E-state index in [2.05, 4.69) is 9.71 Å². The lowest BCUT2D eigenvalue weighted by atomic mass is 10.1. The van der Waals surface area contributed by atoms with Gasteiger partial charge in [0.15, 0.2) is 0 Å². The zero-order chi connectivity index (χ0) is 24.5. The first kappa shape index (κ1) is 23.3. The van der Waals surface area contributed by atoms with Crippen LogP contribution in [0, 0.1) is 24.0 Å². The smallest absolute Gasteiger partial charge is 0.268 e. The predicted octanol–water partition coefficient (Wildman–Crippen LogP) is 3.43. The van der Waals surface area contributed by atoms with E-state index in [-0.39, 0.29) is 29.1 Å². The van der Waals surface area contributed by atoms with Crippen molar-refractivity contribution in [2.45, 2.75) is 25.2 Å². The Balaban J connectivity index is 1.67. The summed E-state index contributed by atoms with van der Waals surface area (Å²) in [5, 5.41) is 11.3. The van der Waals surface area contributed by atoms with Crippen molar-refractivity contribution >= 4 is 26.6 Å². The van der Waals surface area contributed by atoms with E-state index >= 15 is 0 Å². The van der Waals surface area contributed by atoms with E-state index in [1.807, 2.05) is 32.0 Å². The van der Waals surface area contributed by atoms with Gasteiger partial charge >= 0.3 is 0 Å². The van der Waals surface area contributed by atoms with Crippen molar-refractivity contribution in [1.29, 1.82) is 0 Å². The van der Waals surface area contributed by atoms with Crippen molar-refractivity contribution < 1.29 is 13.3 Å². The Morgan fingerprint density at radius 1 is 1.03 bits per heavy atom. The number of aryl methyl sites for hydroxylation is 2. The molecule has 1 heterocycles.